The van der Waals surface area contributed by atoms with Crippen LogP contribution in [0.2, 0.25) is 0 Å². The first kappa shape index (κ1) is 20.1. The van der Waals surface area contributed by atoms with Gasteiger partial charge in [-0.1, -0.05) is 24.3 Å². The highest BCUT2D eigenvalue weighted by Crippen LogP contribution is 2.15. The monoisotopic (exact) mass is 389 g/mol. The lowest BCUT2D eigenvalue weighted by molar-refractivity contribution is 0.101. The summed E-state index contributed by atoms with van der Waals surface area (Å²) in [6, 6.07) is 18.1. The third kappa shape index (κ3) is 5.65. The molecule has 0 saturated carbocycles. The Bertz CT molecular complexity index is 1000. The number of ketones is 1. The van der Waals surface area contributed by atoms with Crippen LogP contribution in [-0.2, 0) is 6.42 Å². The summed E-state index contributed by atoms with van der Waals surface area (Å²) in [5, 5.41) is 6.05. The summed E-state index contributed by atoms with van der Waals surface area (Å²) in [6.07, 6.45) is 2.41. The van der Waals surface area contributed by atoms with E-state index < -0.39 is 0 Å². The minimum absolute atomic E-state index is 0.0478. The molecular formula is C23H23N3O3. The van der Waals surface area contributed by atoms with Crippen LogP contribution in [0.25, 0.3) is 0 Å². The van der Waals surface area contributed by atoms with E-state index in [2.05, 4.69) is 15.6 Å². The van der Waals surface area contributed by atoms with Crippen LogP contribution in [0.1, 0.15) is 33.2 Å². The van der Waals surface area contributed by atoms with E-state index in [1.807, 2.05) is 24.3 Å². The molecule has 2 N–H and O–H groups in total. The van der Waals surface area contributed by atoms with Crippen LogP contribution in [0.5, 0.6) is 5.75 Å². The summed E-state index contributed by atoms with van der Waals surface area (Å²) in [6.45, 7) is 2.18. The Hall–Kier alpha value is -3.67. The number of rotatable bonds is 8. The van der Waals surface area contributed by atoms with Gasteiger partial charge in [-0.15, -0.1) is 0 Å². The molecule has 0 fully saturated rings. The Balaban J connectivity index is 1.58. The average Bonchev–Trinajstić information content (AvgIpc) is 2.74. The molecule has 0 atom stereocenters. The van der Waals surface area contributed by atoms with Gasteiger partial charge in [-0.25, -0.2) is 4.98 Å². The number of ether oxygens (including phenoxy) is 1. The molecule has 0 aliphatic carbocycles. The summed E-state index contributed by atoms with van der Waals surface area (Å²) < 4.78 is 5.16. The Morgan fingerprint density at radius 1 is 1.00 bits per heavy atom. The first-order chi connectivity index (χ1) is 14.0. The predicted molar refractivity (Wildman–Crippen MR) is 114 cm³/mol. The van der Waals surface area contributed by atoms with Crippen LogP contribution in [0.4, 0.5) is 11.5 Å². The van der Waals surface area contributed by atoms with Crippen molar-refractivity contribution in [3.05, 3.63) is 83.6 Å². The lowest BCUT2D eigenvalue weighted by atomic mass is 10.1. The van der Waals surface area contributed by atoms with E-state index in [1.165, 1.54) is 12.5 Å². The van der Waals surface area contributed by atoms with Gasteiger partial charge in [-0.3, -0.25) is 9.59 Å². The topological polar surface area (TPSA) is 80.3 Å². The number of aromatic nitrogens is 1. The summed E-state index contributed by atoms with van der Waals surface area (Å²) in [5.41, 5.74) is 2.80. The number of nitrogens with zero attached hydrogens (tertiary/aromatic N) is 1. The molecule has 1 aromatic heterocycles. The number of nitrogens with one attached hydrogen (secondary N) is 2. The molecule has 3 rings (SSSR count). The molecule has 0 bridgehead atoms. The number of methoxy groups -OCH3 is 1. The van der Waals surface area contributed by atoms with Gasteiger partial charge in [-0.05, 0) is 55.3 Å². The van der Waals surface area contributed by atoms with Crippen molar-refractivity contribution in [3.63, 3.8) is 0 Å². The van der Waals surface area contributed by atoms with Gasteiger partial charge in [0.1, 0.15) is 11.6 Å². The molecule has 1 amide bonds. The number of Topliss-reactive ketones (excluding diaryl/α,β-unsaturated/α-hetero) is 1. The number of hydrogen-bond acceptors (Lipinski definition) is 5. The normalized spacial score (nSPS) is 10.3. The van der Waals surface area contributed by atoms with Crippen LogP contribution in [0.3, 0.4) is 0 Å². The Morgan fingerprint density at radius 2 is 1.79 bits per heavy atom. The van der Waals surface area contributed by atoms with Crippen LogP contribution in [0.15, 0.2) is 66.9 Å². The van der Waals surface area contributed by atoms with Crippen molar-refractivity contribution in [2.75, 3.05) is 24.3 Å². The summed E-state index contributed by atoms with van der Waals surface area (Å²) in [7, 11) is 1.64. The van der Waals surface area contributed by atoms with Crippen molar-refractivity contribution in [1.29, 1.82) is 0 Å². The average molecular weight is 389 g/mol. The van der Waals surface area contributed by atoms with Crippen LogP contribution in [0, 0.1) is 0 Å². The molecule has 0 radical (unpaired) electrons. The van der Waals surface area contributed by atoms with Gasteiger partial charge in [0.2, 0.25) is 0 Å². The van der Waals surface area contributed by atoms with Gasteiger partial charge >= 0.3 is 0 Å². The second kappa shape index (κ2) is 9.50. The molecule has 0 saturated heterocycles. The van der Waals surface area contributed by atoms with E-state index in [9.17, 15) is 9.59 Å². The van der Waals surface area contributed by atoms with Crippen molar-refractivity contribution < 1.29 is 14.3 Å². The van der Waals surface area contributed by atoms with E-state index >= 15 is 0 Å². The Labute approximate surface area is 169 Å². The van der Waals surface area contributed by atoms with Crippen LogP contribution < -0.4 is 15.4 Å². The fourth-order valence-electron chi connectivity index (χ4n) is 2.81. The Morgan fingerprint density at radius 3 is 2.52 bits per heavy atom. The molecule has 0 aliphatic heterocycles. The summed E-state index contributed by atoms with van der Waals surface area (Å²) >= 11 is 0. The first-order valence-electron chi connectivity index (χ1n) is 9.30. The van der Waals surface area contributed by atoms with Crippen molar-refractivity contribution in [2.45, 2.75) is 13.3 Å². The van der Waals surface area contributed by atoms with E-state index in [1.54, 1.807) is 49.7 Å². The second-order valence-electron chi connectivity index (χ2n) is 6.55. The smallest absolute Gasteiger partial charge is 0.255 e. The van der Waals surface area contributed by atoms with E-state index in [-0.39, 0.29) is 11.7 Å². The van der Waals surface area contributed by atoms with Gasteiger partial charge in [0, 0.05) is 29.6 Å². The van der Waals surface area contributed by atoms with E-state index in [4.69, 9.17) is 4.74 Å². The zero-order chi connectivity index (χ0) is 20.6. The molecule has 148 valence electrons. The van der Waals surface area contributed by atoms with Gasteiger partial charge in [0.05, 0.1) is 7.11 Å². The van der Waals surface area contributed by atoms with Gasteiger partial charge in [-0.2, -0.15) is 0 Å². The van der Waals surface area contributed by atoms with Crippen molar-refractivity contribution in [3.8, 4) is 5.75 Å². The lowest BCUT2D eigenvalue weighted by Gasteiger charge is -2.09. The fourth-order valence-corrected chi connectivity index (χ4v) is 2.81. The molecule has 0 aliphatic rings. The molecular weight excluding hydrogens is 366 g/mol. The largest absolute Gasteiger partial charge is 0.497 e. The molecule has 1 heterocycles. The SMILES string of the molecule is COc1ccc(CCNc2cc(C(=O)Nc3cccc(C(C)=O)c3)ccn2)cc1. The van der Waals surface area contributed by atoms with Gasteiger partial charge in [0.15, 0.2) is 5.78 Å². The zero-order valence-electron chi connectivity index (χ0n) is 16.4. The van der Waals surface area contributed by atoms with Crippen molar-refractivity contribution >= 4 is 23.2 Å². The Kier molecular flexibility index (Phi) is 6.58. The summed E-state index contributed by atoms with van der Waals surface area (Å²) in [4.78, 5) is 28.3. The predicted octanol–water partition coefficient (Wildman–Crippen LogP) is 4.20. The fraction of sp³-hybridized carbons (Fsp3) is 0.174. The second-order valence-corrected chi connectivity index (χ2v) is 6.55. The highest BCUT2D eigenvalue weighted by atomic mass is 16.5. The maximum absolute atomic E-state index is 12.5. The molecule has 6 heteroatoms. The number of hydrogen-bond donors (Lipinski definition) is 2. The molecule has 3 aromatic rings. The molecule has 29 heavy (non-hydrogen) atoms. The van der Waals surface area contributed by atoms with Crippen molar-refractivity contribution in [2.24, 2.45) is 0 Å². The third-order valence-corrected chi connectivity index (χ3v) is 4.43. The highest BCUT2D eigenvalue weighted by molar-refractivity contribution is 6.05. The van der Waals surface area contributed by atoms with Crippen molar-refractivity contribution in [1.82, 2.24) is 4.98 Å². The molecule has 6 nitrogen and oxygen atoms in total. The maximum atomic E-state index is 12.5. The van der Waals surface area contributed by atoms with Gasteiger partial charge in [0.25, 0.3) is 5.91 Å². The number of carbonyl (C=O) groups excluding carboxylic acids is 2. The first-order valence-corrected chi connectivity index (χ1v) is 9.30. The standard InChI is InChI=1S/C23H23N3O3/c1-16(27)18-4-3-5-20(14-18)26-23(28)19-11-13-25-22(15-19)24-12-10-17-6-8-21(29-2)9-7-17/h3-9,11,13-15H,10,12H2,1-2H3,(H,24,25)(H,26,28). The van der Waals surface area contributed by atoms with E-state index in [0.717, 1.165) is 12.2 Å². The molecule has 0 spiro atoms. The zero-order valence-corrected chi connectivity index (χ0v) is 16.4. The minimum atomic E-state index is -0.258. The lowest BCUT2D eigenvalue weighted by Crippen LogP contribution is -2.13. The molecule has 2 aromatic carbocycles. The number of anilines is 2. The van der Waals surface area contributed by atoms with Crippen LogP contribution >= 0.6 is 0 Å². The quantitative estimate of drug-likeness (QED) is 0.565. The number of amides is 1. The number of pyridine rings is 1. The van der Waals surface area contributed by atoms with Crippen LogP contribution in [-0.4, -0.2) is 30.3 Å². The number of carbonyl (C=O) groups is 2. The van der Waals surface area contributed by atoms with Gasteiger partial charge < -0.3 is 15.4 Å². The molecule has 0 unspecified atom stereocenters. The maximum Gasteiger partial charge on any atom is 0.255 e. The van der Waals surface area contributed by atoms with E-state index in [0.29, 0.717) is 29.2 Å². The highest BCUT2D eigenvalue weighted by Gasteiger charge is 2.09. The number of benzene rings is 2. The third-order valence-electron chi connectivity index (χ3n) is 4.43. The minimum Gasteiger partial charge on any atom is -0.497 e. The summed E-state index contributed by atoms with van der Waals surface area (Å²) in [5.74, 6) is 1.15.